The monoisotopic (exact) mass is 243 g/mol. The highest BCUT2D eigenvalue weighted by molar-refractivity contribution is 5.91. The fourth-order valence-electron chi connectivity index (χ4n) is 1.87. The predicted molar refractivity (Wildman–Crippen MR) is 66.9 cm³/mol. The Kier molecular flexibility index (Phi) is 2.82. The van der Waals surface area contributed by atoms with E-state index in [1.165, 1.54) is 0 Å². The second kappa shape index (κ2) is 4.62. The van der Waals surface area contributed by atoms with Crippen LogP contribution in [0.3, 0.4) is 0 Å². The van der Waals surface area contributed by atoms with Gasteiger partial charge >= 0.3 is 0 Å². The summed E-state index contributed by atoms with van der Waals surface area (Å²) in [6.07, 6.45) is 3.20. The Hall–Kier alpha value is -2.14. The molecule has 18 heavy (non-hydrogen) atoms. The van der Waals surface area contributed by atoms with Gasteiger partial charge in [-0.05, 0) is 19.0 Å². The lowest BCUT2D eigenvalue weighted by molar-refractivity contribution is 0.376. The Balaban J connectivity index is 1.96. The normalized spacial score (nSPS) is 11.2. The average molecular weight is 243 g/mol. The summed E-state index contributed by atoms with van der Waals surface area (Å²) in [5, 5.41) is 4.96. The van der Waals surface area contributed by atoms with E-state index in [4.69, 9.17) is 14.7 Å². The molecule has 2 N–H and O–H groups in total. The third-order valence-corrected chi connectivity index (χ3v) is 2.78. The first kappa shape index (κ1) is 11.0. The number of para-hydroxylation sites is 1. The van der Waals surface area contributed by atoms with Gasteiger partial charge in [-0.25, -0.2) is 0 Å². The lowest BCUT2D eigenvalue weighted by atomic mass is 10.2. The molecular weight excluding hydrogens is 230 g/mol. The molecule has 0 radical (unpaired) electrons. The van der Waals surface area contributed by atoms with E-state index in [1.807, 2.05) is 24.3 Å². The van der Waals surface area contributed by atoms with E-state index in [0.29, 0.717) is 24.7 Å². The molecule has 2 aromatic heterocycles. The van der Waals surface area contributed by atoms with Gasteiger partial charge in [0.1, 0.15) is 11.8 Å². The van der Waals surface area contributed by atoms with Crippen molar-refractivity contribution in [2.45, 2.75) is 12.8 Å². The maximum atomic E-state index is 5.45. The molecule has 5 heteroatoms. The summed E-state index contributed by atoms with van der Waals surface area (Å²) in [7, 11) is 0. The summed E-state index contributed by atoms with van der Waals surface area (Å²) in [5.74, 6) is 1.17. The number of hydrogen-bond acceptors (Lipinski definition) is 5. The molecule has 0 atom stereocenters. The summed E-state index contributed by atoms with van der Waals surface area (Å²) in [4.78, 5) is 4.35. The summed E-state index contributed by atoms with van der Waals surface area (Å²) in [6.45, 7) is 0.617. The molecule has 92 valence electrons. The first-order valence-corrected chi connectivity index (χ1v) is 5.88. The molecule has 0 spiro atoms. The summed E-state index contributed by atoms with van der Waals surface area (Å²) >= 11 is 0. The first-order valence-electron chi connectivity index (χ1n) is 5.88. The van der Waals surface area contributed by atoms with Crippen LogP contribution in [0.5, 0.6) is 0 Å². The van der Waals surface area contributed by atoms with Crippen molar-refractivity contribution in [3.63, 3.8) is 0 Å². The number of hydrogen-bond donors (Lipinski definition) is 1. The number of benzene rings is 1. The summed E-state index contributed by atoms with van der Waals surface area (Å²) in [5.41, 5.74) is 7.12. The van der Waals surface area contributed by atoms with Gasteiger partial charge in [-0.3, -0.25) is 0 Å². The van der Waals surface area contributed by atoms with E-state index in [0.717, 1.165) is 23.0 Å². The molecule has 0 aliphatic rings. The number of aryl methyl sites for hydroxylation is 1. The first-order chi connectivity index (χ1) is 8.88. The van der Waals surface area contributed by atoms with Crippen LogP contribution in [-0.4, -0.2) is 16.7 Å². The molecule has 0 bridgehead atoms. The smallest absolute Gasteiger partial charge is 0.227 e. The second-order valence-corrected chi connectivity index (χ2v) is 4.05. The zero-order valence-electron chi connectivity index (χ0n) is 9.80. The minimum atomic E-state index is 0.562. The van der Waals surface area contributed by atoms with E-state index in [1.54, 1.807) is 6.26 Å². The standard InChI is InChI=1S/C13H13N3O2/c14-7-3-6-12-15-13(16-18-12)10-8-17-11-5-2-1-4-9(10)11/h1-2,4-5,8H,3,6-7,14H2. The van der Waals surface area contributed by atoms with E-state index >= 15 is 0 Å². The molecule has 0 amide bonds. The number of aromatic nitrogens is 2. The van der Waals surface area contributed by atoms with Crippen LogP contribution in [0.25, 0.3) is 22.4 Å². The molecular formula is C13H13N3O2. The van der Waals surface area contributed by atoms with Crippen LogP contribution in [0.1, 0.15) is 12.3 Å². The van der Waals surface area contributed by atoms with Crippen molar-refractivity contribution < 1.29 is 8.94 Å². The zero-order chi connectivity index (χ0) is 12.4. The van der Waals surface area contributed by atoms with Crippen LogP contribution < -0.4 is 5.73 Å². The topological polar surface area (TPSA) is 78.1 Å². The van der Waals surface area contributed by atoms with Crippen LogP contribution in [0.15, 0.2) is 39.5 Å². The van der Waals surface area contributed by atoms with Crippen molar-refractivity contribution in [2.75, 3.05) is 6.54 Å². The van der Waals surface area contributed by atoms with Gasteiger partial charge in [0.15, 0.2) is 0 Å². The molecule has 5 nitrogen and oxygen atoms in total. The maximum Gasteiger partial charge on any atom is 0.227 e. The fraction of sp³-hybridized carbons (Fsp3) is 0.231. The molecule has 0 fully saturated rings. The largest absolute Gasteiger partial charge is 0.464 e. The lowest BCUT2D eigenvalue weighted by Gasteiger charge is -1.89. The number of nitrogens with zero attached hydrogens (tertiary/aromatic N) is 2. The molecule has 0 aliphatic heterocycles. The molecule has 0 aliphatic carbocycles. The van der Waals surface area contributed by atoms with Gasteiger partial charge in [0, 0.05) is 11.8 Å². The summed E-state index contributed by atoms with van der Waals surface area (Å²) < 4.78 is 10.6. The third-order valence-electron chi connectivity index (χ3n) is 2.78. The van der Waals surface area contributed by atoms with Crippen molar-refractivity contribution in [1.82, 2.24) is 10.1 Å². The van der Waals surface area contributed by atoms with Crippen LogP contribution in [0.2, 0.25) is 0 Å². The molecule has 0 saturated heterocycles. The van der Waals surface area contributed by atoms with E-state index in [9.17, 15) is 0 Å². The van der Waals surface area contributed by atoms with E-state index in [-0.39, 0.29) is 0 Å². The molecule has 2 heterocycles. The number of fused-ring (bicyclic) bond motifs is 1. The highest BCUT2D eigenvalue weighted by Gasteiger charge is 2.13. The van der Waals surface area contributed by atoms with Crippen molar-refractivity contribution in [3.05, 3.63) is 36.4 Å². The van der Waals surface area contributed by atoms with Gasteiger partial charge < -0.3 is 14.7 Å². The van der Waals surface area contributed by atoms with Gasteiger partial charge in [-0.15, -0.1) is 0 Å². The van der Waals surface area contributed by atoms with Gasteiger partial charge in [0.05, 0.1) is 5.56 Å². The van der Waals surface area contributed by atoms with Crippen molar-refractivity contribution >= 4 is 11.0 Å². The average Bonchev–Trinajstić information content (AvgIpc) is 3.02. The highest BCUT2D eigenvalue weighted by atomic mass is 16.5. The van der Waals surface area contributed by atoms with Crippen molar-refractivity contribution in [3.8, 4) is 11.4 Å². The summed E-state index contributed by atoms with van der Waals surface area (Å²) in [6, 6.07) is 7.77. The van der Waals surface area contributed by atoms with Crippen LogP contribution in [0, 0.1) is 0 Å². The molecule has 3 aromatic rings. The number of nitrogens with two attached hydrogens (primary N) is 1. The lowest BCUT2D eigenvalue weighted by Crippen LogP contribution is -2.00. The maximum absolute atomic E-state index is 5.45. The van der Waals surface area contributed by atoms with Crippen molar-refractivity contribution in [1.29, 1.82) is 0 Å². The molecule has 0 saturated carbocycles. The Morgan fingerprint density at radius 3 is 3.00 bits per heavy atom. The van der Waals surface area contributed by atoms with Gasteiger partial charge in [-0.2, -0.15) is 4.98 Å². The third kappa shape index (κ3) is 1.89. The zero-order valence-corrected chi connectivity index (χ0v) is 9.80. The van der Waals surface area contributed by atoms with Crippen molar-refractivity contribution in [2.24, 2.45) is 5.73 Å². The van der Waals surface area contributed by atoms with E-state index in [2.05, 4.69) is 10.1 Å². The van der Waals surface area contributed by atoms with Crippen LogP contribution >= 0.6 is 0 Å². The minimum absolute atomic E-state index is 0.562. The second-order valence-electron chi connectivity index (χ2n) is 4.05. The Morgan fingerprint density at radius 2 is 2.11 bits per heavy atom. The van der Waals surface area contributed by atoms with Gasteiger partial charge in [0.25, 0.3) is 0 Å². The fourth-order valence-corrected chi connectivity index (χ4v) is 1.87. The molecule has 0 unspecified atom stereocenters. The quantitative estimate of drug-likeness (QED) is 0.761. The van der Waals surface area contributed by atoms with Gasteiger partial charge in [0.2, 0.25) is 11.7 Å². The van der Waals surface area contributed by atoms with Gasteiger partial charge in [-0.1, -0.05) is 23.4 Å². The SMILES string of the molecule is NCCCc1nc(-c2coc3ccccc23)no1. The highest BCUT2D eigenvalue weighted by Crippen LogP contribution is 2.28. The predicted octanol–water partition coefficient (Wildman–Crippen LogP) is 2.37. The Morgan fingerprint density at radius 1 is 1.22 bits per heavy atom. The molecule has 1 aromatic carbocycles. The van der Waals surface area contributed by atoms with E-state index < -0.39 is 0 Å². The Bertz CT molecular complexity index is 657. The van der Waals surface area contributed by atoms with Crippen LogP contribution in [-0.2, 0) is 6.42 Å². The minimum Gasteiger partial charge on any atom is -0.464 e. The van der Waals surface area contributed by atoms with Crippen LogP contribution in [0.4, 0.5) is 0 Å². The molecule has 3 rings (SSSR count). The number of furan rings is 1. The Labute approximate surface area is 104 Å². The number of rotatable bonds is 4.